The standard InChI is InChI=1S/C21H21FN4O3/c22-15-5-7-16(8-6-15)24-11-13-25(14-12-24)19(27)9-10-26-20(28)17-3-1-2-4-18(17)23-21(26)29/h1-8,17H,9-14H2. The highest BCUT2D eigenvalue weighted by atomic mass is 19.1. The molecule has 8 heteroatoms. The van der Waals surface area contributed by atoms with E-state index in [0.29, 0.717) is 31.9 Å². The second kappa shape index (κ2) is 7.98. The summed E-state index contributed by atoms with van der Waals surface area (Å²) in [6.45, 7) is 2.39. The molecule has 0 radical (unpaired) electrons. The van der Waals surface area contributed by atoms with Crippen LogP contribution in [0, 0.1) is 11.7 Å². The van der Waals surface area contributed by atoms with Crippen molar-refractivity contribution < 1.29 is 18.8 Å². The highest BCUT2D eigenvalue weighted by Gasteiger charge is 2.36. The molecule has 4 rings (SSSR count). The van der Waals surface area contributed by atoms with Gasteiger partial charge in [-0.05, 0) is 30.3 Å². The summed E-state index contributed by atoms with van der Waals surface area (Å²) in [6, 6.07) is 5.68. The molecule has 0 saturated carbocycles. The normalized spacial score (nSPS) is 21.3. The lowest BCUT2D eigenvalue weighted by atomic mass is 9.95. The lowest BCUT2D eigenvalue weighted by molar-refractivity contribution is -0.133. The Morgan fingerprint density at radius 3 is 2.52 bits per heavy atom. The van der Waals surface area contributed by atoms with E-state index in [9.17, 15) is 18.8 Å². The zero-order valence-corrected chi connectivity index (χ0v) is 15.8. The van der Waals surface area contributed by atoms with E-state index in [1.54, 1.807) is 41.3 Å². The second-order valence-corrected chi connectivity index (χ2v) is 7.13. The molecule has 1 saturated heterocycles. The molecule has 0 N–H and O–H groups in total. The van der Waals surface area contributed by atoms with Gasteiger partial charge in [0.1, 0.15) is 5.82 Å². The van der Waals surface area contributed by atoms with E-state index < -0.39 is 11.9 Å². The number of halogens is 1. The molecule has 0 aromatic heterocycles. The van der Waals surface area contributed by atoms with Crippen molar-refractivity contribution in [2.24, 2.45) is 10.9 Å². The number of aliphatic imine (C=N–C) groups is 1. The van der Waals surface area contributed by atoms with Crippen molar-refractivity contribution in [2.45, 2.75) is 6.42 Å². The number of fused-ring (bicyclic) bond motifs is 1. The van der Waals surface area contributed by atoms with Crippen molar-refractivity contribution in [3.8, 4) is 0 Å². The van der Waals surface area contributed by atoms with Crippen molar-refractivity contribution >= 4 is 29.2 Å². The zero-order chi connectivity index (χ0) is 20.4. The van der Waals surface area contributed by atoms with E-state index in [0.717, 1.165) is 10.6 Å². The molecule has 1 aliphatic carbocycles. The first-order valence-corrected chi connectivity index (χ1v) is 9.60. The summed E-state index contributed by atoms with van der Waals surface area (Å²) in [7, 11) is 0. The van der Waals surface area contributed by atoms with E-state index in [2.05, 4.69) is 9.89 Å². The summed E-state index contributed by atoms with van der Waals surface area (Å²) in [5, 5.41) is 0. The molecule has 150 valence electrons. The predicted octanol–water partition coefficient (Wildman–Crippen LogP) is 2.01. The maximum absolute atomic E-state index is 13.1. The number of hydrogen-bond donors (Lipinski definition) is 0. The van der Waals surface area contributed by atoms with Gasteiger partial charge in [0.2, 0.25) is 11.8 Å². The van der Waals surface area contributed by atoms with Crippen LogP contribution in [0.5, 0.6) is 0 Å². The Morgan fingerprint density at radius 1 is 1.07 bits per heavy atom. The molecule has 1 unspecified atom stereocenters. The second-order valence-electron chi connectivity index (χ2n) is 7.13. The smallest absolute Gasteiger partial charge is 0.350 e. The van der Waals surface area contributed by atoms with Gasteiger partial charge in [-0.15, -0.1) is 0 Å². The average Bonchev–Trinajstić information content (AvgIpc) is 2.74. The van der Waals surface area contributed by atoms with Gasteiger partial charge in [0, 0.05) is 44.8 Å². The molecule has 2 aliphatic heterocycles. The quantitative estimate of drug-likeness (QED) is 0.781. The molecule has 4 amide bonds. The third-order valence-electron chi connectivity index (χ3n) is 5.36. The molecular formula is C21H21FN4O3. The van der Waals surface area contributed by atoms with Crippen molar-refractivity contribution in [2.75, 3.05) is 37.6 Å². The molecule has 1 atom stereocenters. The van der Waals surface area contributed by atoms with Crippen molar-refractivity contribution in [1.29, 1.82) is 0 Å². The van der Waals surface area contributed by atoms with Crippen molar-refractivity contribution in [3.63, 3.8) is 0 Å². The Bertz CT molecular complexity index is 914. The number of rotatable bonds is 4. The number of carbonyl (C=O) groups is 3. The first-order valence-electron chi connectivity index (χ1n) is 9.60. The van der Waals surface area contributed by atoms with Crippen LogP contribution in [0.4, 0.5) is 14.9 Å². The van der Waals surface area contributed by atoms with Gasteiger partial charge < -0.3 is 9.80 Å². The molecule has 0 spiro atoms. The van der Waals surface area contributed by atoms with E-state index in [1.807, 2.05) is 0 Å². The van der Waals surface area contributed by atoms with Gasteiger partial charge in [0.15, 0.2) is 0 Å². The van der Waals surface area contributed by atoms with Crippen LogP contribution in [0.15, 0.2) is 53.6 Å². The molecule has 1 aromatic rings. The SMILES string of the molecule is O=C(CCN1C(=O)N=C2C=CC=CC2C1=O)N1CCN(c2ccc(F)cc2)CC1. The first-order chi connectivity index (χ1) is 14.0. The monoisotopic (exact) mass is 396 g/mol. The Labute approximate surface area is 167 Å². The van der Waals surface area contributed by atoms with Crippen LogP contribution >= 0.6 is 0 Å². The third-order valence-corrected chi connectivity index (χ3v) is 5.36. The highest BCUT2D eigenvalue weighted by Crippen LogP contribution is 2.20. The number of urea groups is 1. The number of allylic oxidation sites excluding steroid dienone is 3. The van der Waals surface area contributed by atoms with Gasteiger partial charge in [-0.3, -0.25) is 14.5 Å². The van der Waals surface area contributed by atoms with Crippen LogP contribution in [-0.4, -0.2) is 66.1 Å². The van der Waals surface area contributed by atoms with Crippen LogP contribution in [-0.2, 0) is 9.59 Å². The topological polar surface area (TPSA) is 73.3 Å². The summed E-state index contributed by atoms with van der Waals surface area (Å²) < 4.78 is 13.1. The fourth-order valence-electron chi connectivity index (χ4n) is 3.72. The number of benzene rings is 1. The highest BCUT2D eigenvalue weighted by molar-refractivity contribution is 6.21. The molecule has 0 bridgehead atoms. The minimum atomic E-state index is -0.616. The lowest BCUT2D eigenvalue weighted by Gasteiger charge is -2.36. The number of imide groups is 1. The van der Waals surface area contributed by atoms with E-state index in [4.69, 9.17) is 0 Å². The number of piperazine rings is 1. The Balaban J connectivity index is 1.30. The molecule has 1 fully saturated rings. The van der Waals surface area contributed by atoms with Gasteiger partial charge in [-0.2, -0.15) is 4.99 Å². The number of amides is 4. The summed E-state index contributed by atoms with van der Waals surface area (Å²) in [5.41, 5.74) is 1.37. The summed E-state index contributed by atoms with van der Waals surface area (Å²) in [5.74, 6) is -1.26. The Hall–Kier alpha value is -3.29. The van der Waals surface area contributed by atoms with Crippen LogP contribution in [0.25, 0.3) is 0 Å². The van der Waals surface area contributed by atoms with Crippen molar-refractivity contribution in [1.82, 2.24) is 9.80 Å². The van der Waals surface area contributed by atoms with Gasteiger partial charge in [-0.1, -0.05) is 18.2 Å². The number of carbonyl (C=O) groups excluding carboxylic acids is 3. The zero-order valence-electron chi connectivity index (χ0n) is 15.8. The first kappa shape index (κ1) is 19.0. The maximum Gasteiger partial charge on any atom is 0.350 e. The molecular weight excluding hydrogens is 375 g/mol. The van der Waals surface area contributed by atoms with Crippen LogP contribution < -0.4 is 4.90 Å². The minimum absolute atomic E-state index is 0.0273. The fraction of sp³-hybridized carbons (Fsp3) is 0.333. The van der Waals surface area contributed by atoms with E-state index in [1.165, 1.54) is 12.1 Å². The third kappa shape index (κ3) is 3.96. The average molecular weight is 396 g/mol. The minimum Gasteiger partial charge on any atom is -0.368 e. The molecule has 29 heavy (non-hydrogen) atoms. The predicted molar refractivity (Wildman–Crippen MR) is 106 cm³/mol. The number of nitrogens with zero attached hydrogens (tertiary/aromatic N) is 4. The Kier molecular flexibility index (Phi) is 5.24. The molecule has 7 nitrogen and oxygen atoms in total. The fourth-order valence-corrected chi connectivity index (χ4v) is 3.72. The number of hydrogen-bond acceptors (Lipinski definition) is 4. The number of anilines is 1. The van der Waals surface area contributed by atoms with Crippen LogP contribution in [0.1, 0.15) is 6.42 Å². The lowest BCUT2D eigenvalue weighted by Crippen LogP contribution is -2.50. The van der Waals surface area contributed by atoms with Gasteiger partial charge in [-0.25, -0.2) is 9.18 Å². The molecule has 3 aliphatic rings. The Morgan fingerprint density at radius 2 is 1.79 bits per heavy atom. The van der Waals surface area contributed by atoms with Gasteiger partial charge >= 0.3 is 6.03 Å². The summed E-state index contributed by atoms with van der Waals surface area (Å²) >= 11 is 0. The van der Waals surface area contributed by atoms with Crippen LogP contribution in [0.3, 0.4) is 0 Å². The van der Waals surface area contributed by atoms with Crippen molar-refractivity contribution in [3.05, 3.63) is 54.4 Å². The van der Waals surface area contributed by atoms with E-state index >= 15 is 0 Å². The van der Waals surface area contributed by atoms with Gasteiger partial charge in [0.05, 0.1) is 11.6 Å². The summed E-state index contributed by atoms with van der Waals surface area (Å²) in [6.07, 6.45) is 6.92. The summed E-state index contributed by atoms with van der Waals surface area (Å²) in [4.78, 5) is 46.2. The van der Waals surface area contributed by atoms with Crippen LogP contribution in [0.2, 0.25) is 0 Å². The van der Waals surface area contributed by atoms with Gasteiger partial charge in [0.25, 0.3) is 0 Å². The largest absolute Gasteiger partial charge is 0.368 e. The molecule has 2 heterocycles. The molecule has 1 aromatic carbocycles. The van der Waals surface area contributed by atoms with E-state index in [-0.39, 0.29) is 30.6 Å². The maximum atomic E-state index is 13.1.